The van der Waals surface area contributed by atoms with Crippen molar-refractivity contribution in [1.82, 2.24) is 5.32 Å². The van der Waals surface area contributed by atoms with Crippen molar-refractivity contribution >= 4 is 29.1 Å². The second-order valence-corrected chi connectivity index (χ2v) is 5.27. The molecule has 3 N–H and O–H groups in total. The van der Waals surface area contributed by atoms with Crippen LogP contribution in [0.1, 0.15) is 33.2 Å². The van der Waals surface area contributed by atoms with Crippen LogP contribution in [0.15, 0.2) is 42.5 Å². The summed E-state index contributed by atoms with van der Waals surface area (Å²) in [6.07, 6.45) is 0. The molecule has 0 atom stereocenters. The maximum absolute atomic E-state index is 12.4. The van der Waals surface area contributed by atoms with Crippen molar-refractivity contribution in [3.8, 4) is 0 Å². The molecule has 3 amide bonds. The lowest BCUT2D eigenvalue weighted by Crippen LogP contribution is -2.20. The van der Waals surface area contributed by atoms with Crippen molar-refractivity contribution in [2.24, 2.45) is 0 Å². The summed E-state index contributed by atoms with van der Waals surface area (Å²) in [5.74, 6) is -0.739. The van der Waals surface area contributed by atoms with Gasteiger partial charge in [-0.1, -0.05) is 12.1 Å². The van der Waals surface area contributed by atoms with Crippen molar-refractivity contribution in [3.63, 3.8) is 0 Å². The average molecular weight is 325 g/mol. The molecular weight excluding hydrogens is 306 g/mol. The van der Waals surface area contributed by atoms with Gasteiger partial charge < -0.3 is 16.0 Å². The number of nitrogens with one attached hydrogen (secondary N) is 3. The molecule has 0 fully saturated rings. The summed E-state index contributed by atoms with van der Waals surface area (Å²) in [5.41, 5.74) is 2.70. The molecule has 6 nitrogen and oxygen atoms in total. The number of benzene rings is 2. The van der Waals surface area contributed by atoms with E-state index in [1.807, 2.05) is 0 Å². The van der Waals surface area contributed by atoms with E-state index in [0.29, 0.717) is 28.1 Å². The van der Waals surface area contributed by atoms with Crippen LogP contribution in [0.25, 0.3) is 0 Å². The molecule has 124 valence electrons. The molecule has 0 aliphatic carbocycles. The van der Waals surface area contributed by atoms with Crippen LogP contribution in [0.3, 0.4) is 0 Å². The monoisotopic (exact) mass is 325 g/mol. The van der Waals surface area contributed by atoms with Gasteiger partial charge in [0.25, 0.3) is 11.8 Å². The Labute approximate surface area is 140 Å². The Balaban J connectivity index is 2.24. The zero-order chi connectivity index (χ0) is 17.7. The van der Waals surface area contributed by atoms with Crippen LogP contribution < -0.4 is 16.0 Å². The van der Waals surface area contributed by atoms with E-state index in [4.69, 9.17) is 0 Å². The Kier molecular flexibility index (Phi) is 5.31. The molecule has 24 heavy (non-hydrogen) atoms. The maximum Gasteiger partial charge on any atom is 0.255 e. The maximum atomic E-state index is 12.4. The molecule has 0 radical (unpaired) electrons. The highest BCUT2D eigenvalue weighted by Crippen LogP contribution is 2.20. The minimum Gasteiger partial charge on any atom is -0.355 e. The van der Waals surface area contributed by atoms with Crippen molar-refractivity contribution < 1.29 is 14.4 Å². The summed E-state index contributed by atoms with van der Waals surface area (Å²) < 4.78 is 0. The van der Waals surface area contributed by atoms with Crippen molar-refractivity contribution in [2.75, 3.05) is 17.7 Å². The highest BCUT2D eigenvalue weighted by atomic mass is 16.2. The number of carbonyl (C=O) groups excluding carboxylic acids is 3. The van der Waals surface area contributed by atoms with Gasteiger partial charge in [0.2, 0.25) is 5.91 Å². The molecule has 0 saturated heterocycles. The summed E-state index contributed by atoms with van der Waals surface area (Å²) >= 11 is 0. The standard InChI is InChI=1S/C18H19N3O3/c1-11-15(18(24)19-3)8-5-9-16(11)21-17(23)13-6-4-7-14(10-13)20-12(2)22/h4-10H,1-3H3,(H,19,24)(H,20,22)(H,21,23). The number of carbonyl (C=O) groups is 3. The second kappa shape index (κ2) is 7.41. The Morgan fingerprint density at radius 2 is 1.62 bits per heavy atom. The summed E-state index contributed by atoms with van der Waals surface area (Å²) in [5, 5.41) is 8.00. The van der Waals surface area contributed by atoms with Gasteiger partial charge in [-0.25, -0.2) is 0 Å². The van der Waals surface area contributed by atoms with Crippen molar-refractivity contribution in [3.05, 3.63) is 59.2 Å². The quantitative estimate of drug-likeness (QED) is 0.807. The van der Waals surface area contributed by atoms with Crippen LogP contribution in [0.2, 0.25) is 0 Å². The topological polar surface area (TPSA) is 87.3 Å². The Morgan fingerprint density at radius 1 is 0.917 bits per heavy atom. The van der Waals surface area contributed by atoms with E-state index in [2.05, 4.69) is 16.0 Å². The molecule has 0 heterocycles. The first kappa shape index (κ1) is 17.2. The van der Waals surface area contributed by atoms with Crippen LogP contribution in [0, 0.1) is 6.92 Å². The van der Waals surface area contributed by atoms with Gasteiger partial charge >= 0.3 is 0 Å². The third-order valence-electron chi connectivity index (χ3n) is 3.50. The molecule has 0 aliphatic rings. The van der Waals surface area contributed by atoms with Crippen LogP contribution in [0.4, 0.5) is 11.4 Å². The normalized spacial score (nSPS) is 9.96. The number of rotatable bonds is 4. The first-order valence-electron chi connectivity index (χ1n) is 7.43. The molecule has 0 aromatic heterocycles. The van der Waals surface area contributed by atoms with Gasteiger partial charge in [0, 0.05) is 36.5 Å². The van der Waals surface area contributed by atoms with E-state index < -0.39 is 0 Å². The van der Waals surface area contributed by atoms with E-state index >= 15 is 0 Å². The molecule has 2 aromatic rings. The minimum absolute atomic E-state index is 0.207. The van der Waals surface area contributed by atoms with Crippen LogP contribution in [-0.2, 0) is 4.79 Å². The fraction of sp³-hybridized carbons (Fsp3) is 0.167. The highest BCUT2D eigenvalue weighted by molar-refractivity contribution is 6.06. The van der Waals surface area contributed by atoms with Gasteiger partial charge in [0.05, 0.1) is 0 Å². The minimum atomic E-state index is -0.320. The number of amides is 3. The SMILES string of the molecule is CNC(=O)c1cccc(NC(=O)c2cccc(NC(C)=O)c2)c1C. The predicted molar refractivity (Wildman–Crippen MR) is 93.3 cm³/mol. The first-order chi connectivity index (χ1) is 11.4. The van der Waals surface area contributed by atoms with E-state index in [1.165, 1.54) is 6.92 Å². The smallest absolute Gasteiger partial charge is 0.255 e. The molecule has 0 unspecified atom stereocenters. The summed E-state index contributed by atoms with van der Waals surface area (Å²) in [7, 11) is 1.56. The zero-order valence-corrected chi connectivity index (χ0v) is 13.8. The average Bonchev–Trinajstić information content (AvgIpc) is 2.55. The fourth-order valence-corrected chi connectivity index (χ4v) is 2.29. The molecule has 0 aliphatic heterocycles. The van der Waals surface area contributed by atoms with Crippen LogP contribution in [-0.4, -0.2) is 24.8 Å². The summed E-state index contributed by atoms with van der Waals surface area (Å²) in [6, 6.07) is 11.8. The van der Waals surface area contributed by atoms with Crippen LogP contribution >= 0.6 is 0 Å². The lowest BCUT2D eigenvalue weighted by atomic mass is 10.1. The lowest BCUT2D eigenvalue weighted by Gasteiger charge is -2.12. The van der Waals surface area contributed by atoms with Gasteiger partial charge in [0.15, 0.2) is 0 Å². The van der Waals surface area contributed by atoms with Gasteiger partial charge in [-0.3, -0.25) is 14.4 Å². The van der Waals surface area contributed by atoms with Crippen LogP contribution in [0.5, 0.6) is 0 Å². The lowest BCUT2D eigenvalue weighted by molar-refractivity contribution is -0.114. The van der Waals surface area contributed by atoms with Crippen molar-refractivity contribution in [1.29, 1.82) is 0 Å². The Hall–Kier alpha value is -3.15. The first-order valence-corrected chi connectivity index (χ1v) is 7.43. The number of anilines is 2. The highest BCUT2D eigenvalue weighted by Gasteiger charge is 2.13. The summed E-state index contributed by atoms with van der Waals surface area (Å²) in [4.78, 5) is 35.4. The van der Waals surface area contributed by atoms with E-state index in [9.17, 15) is 14.4 Å². The summed E-state index contributed by atoms with van der Waals surface area (Å²) in [6.45, 7) is 3.17. The number of hydrogen-bond acceptors (Lipinski definition) is 3. The van der Waals surface area contributed by atoms with Crippen molar-refractivity contribution in [2.45, 2.75) is 13.8 Å². The molecular formula is C18H19N3O3. The largest absolute Gasteiger partial charge is 0.355 e. The third kappa shape index (κ3) is 3.98. The predicted octanol–water partition coefficient (Wildman–Crippen LogP) is 2.57. The molecule has 2 rings (SSSR count). The molecule has 2 aromatic carbocycles. The second-order valence-electron chi connectivity index (χ2n) is 5.27. The third-order valence-corrected chi connectivity index (χ3v) is 3.50. The molecule has 0 saturated carbocycles. The van der Waals surface area contributed by atoms with E-state index in [1.54, 1.807) is 56.4 Å². The molecule has 0 spiro atoms. The van der Waals surface area contributed by atoms with E-state index in [-0.39, 0.29) is 17.7 Å². The Morgan fingerprint density at radius 3 is 2.29 bits per heavy atom. The van der Waals surface area contributed by atoms with Gasteiger partial charge in [-0.2, -0.15) is 0 Å². The Bertz CT molecular complexity index is 800. The molecule has 0 bridgehead atoms. The van der Waals surface area contributed by atoms with E-state index in [0.717, 1.165) is 0 Å². The van der Waals surface area contributed by atoms with Gasteiger partial charge in [0.1, 0.15) is 0 Å². The fourth-order valence-electron chi connectivity index (χ4n) is 2.29. The zero-order valence-electron chi connectivity index (χ0n) is 13.8. The molecule has 6 heteroatoms. The van der Waals surface area contributed by atoms with Gasteiger partial charge in [-0.15, -0.1) is 0 Å². The van der Waals surface area contributed by atoms with Gasteiger partial charge in [-0.05, 0) is 42.8 Å². The number of hydrogen-bond donors (Lipinski definition) is 3.